The maximum Gasteiger partial charge on any atom is 0.145 e. The van der Waals surface area contributed by atoms with Gasteiger partial charge in [-0.15, -0.1) is 0 Å². The summed E-state index contributed by atoms with van der Waals surface area (Å²) in [5.41, 5.74) is 0.292. The second-order valence-corrected chi connectivity index (χ2v) is 4.63. The predicted octanol–water partition coefficient (Wildman–Crippen LogP) is 3.11. The molecule has 0 aromatic carbocycles. The molecule has 0 spiro atoms. The molecule has 2 rings (SSSR count). The van der Waals surface area contributed by atoms with Crippen LogP contribution in [0, 0.1) is 11.3 Å². The molecule has 0 radical (unpaired) electrons. The summed E-state index contributed by atoms with van der Waals surface area (Å²) in [6.07, 6.45) is 2.20. The Morgan fingerprint density at radius 3 is 2.58 bits per heavy atom. The van der Waals surface area contributed by atoms with Crippen molar-refractivity contribution in [2.24, 2.45) is 0 Å². The van der Waals surface area contributed by atoms with Crippen molar-refractivity contribution in [2.45, 2.75) is 32.8 Å². The fraction of sp³-hybridized carbons (Fsp3) is 0.571. The fourth-order valence-electron chi connectivity index (χ4n) is 1.89. The summed E-state index contributed by atoms with van der Waals surface area (Å²) in [6.45, 7) is 6.07. The Labute approximate surface area is 120 Å². The first-order valence-electron chi connectivity index (χ1n) is 6.60. The monoisotopic (exact) mass is 281 g/mol. The normalized spacial score (nSPS) is 16.2. The van der Waals surface area contributed by atoms with Gasteiger partial charge in [-0.3, -0.25) is 0 Å². The van der Waals surface area contributed by atoms with Crippen LogP contribution in [-0.4, -0.2) is 36.1 Å². The maximum atomic E-state index is 8.79. The van der Waals surface area contributed by atoms with Crippen LogP contribution in [0.4, 0.5) is 0 Å². The van der Waals surface area contributed by atoms with Crippen molar-refractivity contribution in [2.75, 3.05) is 20.1 Å². The van der Waals surface area contributed by atoms with Gasteiger partial charge in [0.25, 0.3) is 0 Å². The zero-order valence-electron chi connectivity index (χ0n) is 11.7. The van der Waals surface area contributed by atoms with Gasteiger partial charge in [-0.05, 0) is 19.9 Å². The standard InChI is InChI=1S/C12H14ClN3O.C2H6/c1-16-4-2-10(3-5-16)17-11-6-9(8-14)15-12(13)7-11;1-2/h6-7,10H,2-5H2,1H3;1-2H3. The molecule has 1 saturated heterocycles. The molecule has 1 aromatic heterocycles. The lowest BCUT2D eigenvalue weighted by atomic mass is 10.1. The van der Waals surface area contributed by atoms with Crippen LogP contribution in [0.2, 0.25) is 5.15 Å². The van der Waals surface area contributed by atoms with E-state index in [1.165, 1.54) is 0 Å². The van der Waals surface area contributed by atoms with E-state index in [-0.39, 0.29) is 6.10 Å². The van der Waals surface area contributed by atoms with E-state index in [2.05, 4.69) is 16.9 Å². The Morgan fingerprint density at radius 2 is 2.00 bits per heavy atom. The first-order chi connectivity index (χ1) is 9.17. The second kappa shape index (κ2) is 7.98. The highest BCUT2D eigenvalue weighted by molar-refractivity contribution is 6.29. The SMILES string of the molecule is CC.CN1CCC(Oc2cc(Cl)nc(C#N)c2)CC1. The number of piperidine rings is 1. The molecule has 1 fully saturated rings. The summed E-state index contributed by atoms with van der Waals surface area (Å²) in [7, 11) is 2.10. The summed E-state index contributed by atoms with van der Waals surface area (Å²) in [6, 6.07) is 5.25. The number of rotatable bonds is 2. The lowest BCUT2D eigenvalue weighted by molar-refractivity contribution is 0.114. The molecular formula is C14H20ClN3O. The van der Waals surface area contributed by atoms with Crippen LogP contribution in [0.1, 0.15) is 32.4 Å². The fourth-order valence-corrected chi connectivity index (χ4v) is 2.09. The highest BCUT2D eigenvalue weighted by Gasteiger charge is 2.18. The van der Waals surface area contributed by atoms with Crippen LogP contribution in [0.15, 0.2) is 12.1 Å². The van der Waals surface area contributed by atoms with E-state index < -0.39 is 0 Å². The van der Waals surface area contributed by atoms with Gasteiger partial charge in [0, 0.05) is 25.2 Å². The minimum atomic E-state index is 0.205. The molecular weight excluding hydrogens is 262 g/mol. The van der Waals surface area contributed by atoms with Crippen LogP contribution in [0.3, 0.4) is 0 Å². The third-order valence-electron chi connectivity index (χ3n) is 2.85. The lowest BCUT2D eigenvalue weighted by Gasteiger charge is -2.29. The number of hydrogen-bond acceptors (Lipinski definition) is 4. The molecule has 0 bridgehead atoms. The molecule has 0 N–H and O–H groups in total. The number of aromatic nitrogens is 1. The highest BCUT2D eigenvalue weighted by Crippen LogP contribution is 2.21. The molecule has 1 aliphatic heterocycles. The lowest BCUT2D eigenvalue weighted by Crippen LogP contribution is -2.35. The summed E-state index contributed by atoms with van der Waals surface area (Å²) < 4.78 is 5.82. The van der Waals surface area contributed by atoms with Crippen molar-refractivity contribution < 1.29 is 4.74 Å². The molecule has 5 heteroatoms. The minimum absolute atomic E-state index is 0.205. The molecule has 4 nitrogen and oxygen atoms in total. The van der Waals surface area contributed by atoms with Gasteiger partial charge < -0.3 is 9.64 Å². The highest BCUT2D eigenvalue weighted by atomic mass is 35.5. The van der Waals surface area contributed by atoms with Crippen molar-refractivity contribution in [1.29, 1.82) is 5.26 Å². The van der Waals surface area contributed by atoms with E-state index in [0.29, 0.717) is 16.6 Å². The molecule has 0 aliphatic carbocycles. The van der Waals surface area contributed by atoms with Crippen molar-refractivity contribution in [3.05, 3.63) is 23.0 Å². The molecule has 1 aromatic rings. The molecule has 0 saturated carbocycles. The van der Waals surface area contributed by atoms with Crippen LogP contribution in [0.5, 0.6) is 5.75 Å². The van der Waals surface area contributed by atoms with Gasteiger partial charge in [0.05, 0.1) is 0 Å². The van der Waals surface area contributed by atoms with Gasteiger partial charge >= 0.3 is 0 Å². The number of pyridine rings is 1. The summed E-state index contributed by atoms with van der Waals surface area (Å²) >= 11 is 5.82. The summed E-state index contributed by atoms with van der Waals surface area (Å²) in [5.74, 6) is 0.635. The Kier molecular flexibility index (Phi) is 6.61. The number of halogens is 1. The summed E-state index contributed by atoms with van der Waals surface area (Å²) in [4.78, 5) is 6.15. The average molecular weight is 282 g/mol. The Hall–Kier alpha value is -1.31. The van der Waals surface area contributed by atoms with Crippen molar-refractivity contribution >= 4 is 11.6 Å². The van der Waals surface area contributed by atoms with Crippen LogP contribution < -0.4 is 4.74 Å². The molecule has 0 unspecified atom stereocenters. The van der Waals surface area contributed by atoms with Crippen molar-refractivity contribution in [1.82, 2.24) is 9.88 Å². The van der Waals surface area contributed by atoms with Crippen LogP contribution in [-0.2, 0) is 0 Å². The zero-order valence-corrected chi connectivity index (χ0v) is 12.4. The first-order valence-corrected chi connectivity index (χ1v) is 6.98. The number of nitriles is 1. The van der Waals surface area contributed by atoms with E-state index >= 15 is 0 Å². The van der Waals surface area contributed by atoms with E-state index in [1.807, 2.05) is 19.9 Å². The van der Waals surface area contributed by atoms with E-state index in [4.69, 9.17) is 21.6 Å². The van der Waals surface area contributed by atoms with E-state index in [1.54, 1.807) is 12.1 Å². The zero-order chi connectivity index (χ0) is 14.3. The summed E-state index contributed by atoms with van der Waals surface area (Å²) in [5, 5.41) is 9.09. The minimum Gasteiger partial charge on any atom is -0.490 e. The van der Waals surface area contributed by atoms with Gasteiger partial charge in [-0.1, -0.05) is 25.4 Å². The van der Waals surface area contributed by atoms with E-state index in [9.17, 15) is 0 Å². The van der Waals surface area contributed by atoms with E-state index in [0.717, 1.165) is 25.9 Å². The predicted molar refractivity (Wildman–Crippen MR) is 76.5 cm³/mol. The second-order valence-electron chi connectivity index (χ2n) is 4.24. The van der Waals surface area contributed by atoms with Gasteiger partial charge in [-0.25, -0.2) is 4.98 Å². The quantitative estimate of drug-likeness (QED) is 0.782. The molecule has 0 amide bonds. The van der Waals surface area contributed by atoms with Crippen molar-refractivity contribution in [3.63, 3.8) is 0 Å². The number of hydrogen-bond donors (Lipinski definition) is 0. The average Bonchev–Trinajstić information content (AvgIpc) is 2.43. The maximum absolute atomic E-state index is 8.79. The third kappa shape index (κ3) is 5.06. The molecule has 0 atom stereocenters. The largest absolute Gasteiger partial charge is 0.490 e. The number of likely N-dealkylation sites (tertiary alicyclic amines) is 1. The van der Waals surface area contributed by atoms with Gasteiger partial charge in [0.15, 0.2) is 0 Å². The Morgan fingerprint density at radius 1 is 1.37 bits per heavy atom. The third-order valence-corrected chi connectivity index (χ3v) is 3.04. The van der Waals surface area contributed by atoms with Crippen LogP contribution >= 0.6 is 11.6 Å². The molecule has 104 valence electrons. The van der Waals surface area contributed by atoms with Gasteiger partial charge in [-0.2, -0.15) is 5.26 Å². The molecule has 1 aliphatic rings. The topological polar surface area (TPSA) is 49.1 Å². The van der Waals surface area contributed by atoms with Crippen LogP contribution in [0.25, 0.3) is 0 Å². The smallest absolute Gasteiger partial charge is 0.145 e. The number of nitrogens with zero attached hydrogens (tertiary/aromatic N) is 3. The van der Waals surface area contributed by atoms with Gasteiger partial charge in [0.2, 0.25) is 0 Å². The molecule has 19 heavy (non-hydrogen) atoms. The van der Waals surface area contributed by atoms with Gasteiger partial charge in [0.1, 0.15) is 28.8 Å². The Balaban J connectivity index is 0.000000861. The Bertz CT molecular complexity index is 437. The molecule has 2 heterocycles. The van der Waals surface area contributed by atoms with Crippen molar-refractivity contribution in [3.8, 4) is 11.8 Å². The first kappa shape index (κ1) is 15.7. The number of ether oxygens (including phenoxy) is 1.